The van der Waals surface area contributed by atoms with E-state index in [-0.39, 0.29) is 5.69 Å². The van der Waals surface area contributed by atoms with Crippen LogP contribution in [0.25, 0.3) is 22.6 Å². The number of aromatic nitrogens is 4. The van der Waals surface area contributed by atoms with E-state index in [1.165, 1.54) is 28.6 Å². The smallest absolute Gasteiger partial charge is 0.270 e. The predicted octanol–water partition coefficient (Wildman–Crippen LogP) is 3.51. The Bertz CT molecular complexity index is 1130. The number of nitrogen functional groups attached to an aromatic ring is 1. The SMILES string of the molecule is Nn1cc(-c2ccccc2)nc1SCc1nc(-c2cccc([N+](=O)[O-])c2)no1. The molecule has 0 unspecified atom stereocenters. The van der Waals surface area contributed by atoms with Crippen molar-refractivity contribution in [2.24, 2.45) is 0 Å². The zero-order valence-electron chi connectivity index (χ0n) is 14.4. The van der Waals surface area contributed by atoms with Crippen LogP contribution in [0, 0.1) is 10.1 Å². The molecule has 2 heterocycles. The molecule has 0 saturated heterocycles. The summed E-state index contributed by atoms with van der Waals surface area (Å²) in [4.78, 5) is 19.3. The number of nitro groups is 1. The van der Waals surface area contributed by atoms with Gasteiger partial charge in [0.15, 0.2) is 5.16 Å². The number of thioether (sulfide) groups is 1. The van der Waals surface area contributed by atoms with Gasteiger partial charge in [-0.25, -0.2) is 9.66 Å². The molecule has 4 rings (SSSR count). The van der Waals surface area contributed by atoms with E-state index in [2.05, 4.69) is 15.1 Å². The molecule has 0 aliphatic heterocycles. The van der Waals surface area contributed by atoms with E-state index in [1.54, 1.807) is 18.3 Å². The number of nitrogens with zero attached hydrogens (tertiary/aromatic N) is 5. The van der Waals surface area contributed by atoms with Gasteiger partial charge in [-0.15, -0.1) is 0 Å². The van der Waals surface area contributed by atoms with Crippen molar-refractivity contribution >= 4 is 17.4 Å². The lowest BCUT2D eigenvalue weighted by atomic mass is 10.2. The van der Waals surface area contributed by atoms with Gasteiger partial charge in [0.25, 0.3) is 5.69 Å². The Morgan fingerprint density at radius 1 is 1.11 bits per heavy atom. The van der Waals surface area contributed by atoms with Crippen LogP contribution in [0.2, 0.25) is 0 Å². The first-order valence-electron chi connectivity index (χ1n) is 8.20. The van der Waals surface area contributed by atoms with Crippen LogP contribution in [-0.4, -0.2) is 24.7 Å². The fourth-order valence-corrected chi connectivity index (χ4v) is 3.28. The van der Waals surface area contributed by atoms with Crippen molar-refractivity contribution in [3.05, 3.63) is 76.8 Å². The molecule has 0 aliphatic rings. The van der Waals surface area contributed by atoms with Crippen LogP contribution in [-0.2, 0) is 5.75 Å². The summed E-state index contributed by atoms with van der Waals surface area (Å²) in [5.41, 5.74) is 2.23. The van der Waals surface area contributed by atoms with Gasteiger partial charge < -0.3 is 10.4 Å². The van der Waals surface area contributed by atoms with Crippen LogP contribution in [0.15, 0.2) is 70.5 Å². The molecule has 9 nitrogen and oxygen atoms in total. The zero-order chi connectivity index (χ0) is 19.5. The molecule has 2 N–H and O–H groups in total. The highest BCUT2D eigenvalue weighted by atomic mass is 32.2. The molecule has 0 atom stereocenters. The van der Waals surface area contributed by atoms with Gasteiger partial charge in [0.05, 0.1) is 22.6 Å². The normalized spacial score (nSPS) is 10.9. The van der Waals surface area contributed by atoms with E-state index >= 15 is 0 Å². The van der Waals surface area contributed by atoms with Gasteiger partial charge in [-0.3, -0.25) is 10.1 Å². The van der Waals surface area contributed by atoms with Gasteiger partial charge in [0, 0.05) is 23.3 Å². The van der Waals surface area contributed by atoms with Crippen molar-refractivity contribution in [3.63, 3.8) is 0 Å². The van der Waals surface area contributed by atoms with Gasteiger partial charge in [0.2, 0.25) is 11.7 Å². The number of benzene rings is 2. The number of imidazole rings is 1. The number of nitrogens with two attached hydrogens (primary N) is 1. The monoisotopic (exact) mass is 394 g/mol. The molecule has 2 aromatic heterocycles. The number of non-ortho nitro benzene ring substituents is 1. The number of hydrogen-bond acceptors (Lipinski definition) is 8. The third-order valence-electron chi connectivity index (χ3n) is 3.88. The topological polar surface area (TPSA) is 126 Å². The first kappa shape index (κ1) is 17.7. The van der Waals surface area contributed by atoms with Crippen molar-refractivity contribution in [2.45, 2.75) is 10.9 Å². The third-order valence-corrected chi connectivity index (χ3v) is 4.83. The molecule has 28 heavy (non-hydrogen) atoms. The van der Waals surface area contributed by atoms with E-state index in [0.717, 1.165) is 11.3 Å². The molecule has 0 spiro atoms. The lowest BCUT2D eigenvalue weighted by Gasteiger charge is -1.97. The molecule has 0 fully saturated rings. The minimum atomic E-state index is -0.467. The molecule has 10 heteroatoms. The Morgan fingerprint density at radius 2 is 1.89 bits per heavy atom. The average molecular weight is 394 g/mol. The van der Waals surface area contributed by atoms with E-state index in [1.807, 2.05) is 30.3 Å². The molecule has 0 radical (unpaired) electrons. The third kappa shape index (κ3) is 3.71. The van der Waals surface area contributed by atoms with Gasteiger partial charge >= 0.3 is 0 Å². The largest absolute Gasteiger partial charge is 0.338 e. The Labute approximate surface area is 163 Å². The summed E-state index contributed by atoms with van der Waals surface area (Å²) in [6.45, 7) is 0. The second-order valence-electron chi connectivity index (χ2n) is 5.79. The first-order valence-corrected chi connectivity index (χ1v) is 9.19. The minimum Gasteiger partial charge on any atom is -0.338 e. The summed E-state index contributed by atoms with van der Waals surface area (Å²) in [5, 5.41) is 15.4. The number of nitro benzene ring substituents is 1. The fraction of sp³-hybridized carbons (Fsp3) is 0.0556. The second kappa shape index (κ2) is 7.53. The summed E-state index contributed by atoms with van der Waals surface area (Å²) in [6.07, 6.45) is 1.75. The maximum absolute atomic E-state index is 10.9. The maximum Gasteiger partial charge on any atom is 0.270 e. The molecule has 0 bridgehead atoms. The standard InChI is InChI=1S/C18H14N6O3S/c19-23-10-15(12-5-2-1-3-6-12)20-18(23)28-11-16-21-17(22-27-16)13-7-4-8-14(9-13)24(25)26/h1-10H,11,19H2. The zero-order valence-corrected chi connectivity index (χ0v) is 15.2. The molecule has 0 saturated carbocycles. The van der Waals surface area contributed by atoms with Crippen molar-refractivity contribution in [1.29, 1.82) is 0 Å². The fourth-order valence-electron chi connectivity index (χ4n) is 2.55. The Morgan fingerprint density at radius 3 is 2.68 bits per heavy atom. The Balaban J connectivity index is 1.48. The van der Waals surface area contributed by atoms with E-state index in [4.69, 9.17) is 10.4 Å². The Kier molecular flexibility index (Phi) is 4.77. The minimum absolute atomic E-state index is 0.0307. The van der Waals surface area contributed by atoms with Crippen LogP contribution in [0.4, 0.5) is 5.69 Å². The first-order chi connectivity index (χ1) is 13.6. The van der Waals surface area contributed by atoms with Crippen LogP contribution in [0.5, 0.6) is 0 Å². The van der Waals surface area contributed by atoms with Gasteiger partial charge in [-0.05, 0) is 0 Å². The highest BCUT2D eigenvalue weighted by molar-refractivity contribution is 7.98. The summed E-state index contributed by atoms with van der Waals surface area (Å²) in [7, 11) is 0. The molecule has 4 aromatic rings. The van der Waals surface area contributed by atoms with Gasteiger partial charge in [-0.1, -0.05) is 59.4 Å². The van der Waals surface area contributed by atoms with Gasteiger partial charge in [0.1, 0.15) is 0 Å². The maximum atomic E-state index is 10.9. The summed E-state index contributed by atoms with van der Waals surface area (Å²) >= 11 is 1.35. The van der Waals surface area contributed by atoms with Crippen LogP contribution in [0.3, 0.4) is 0 Å². The molecule has 2 aromatic carbocycles. The average Bonchev–Trinajstić information content (AvgIpc) is 3.34. The molecule has 0 aliphatic carbocycles. The summed E-state index contributed by atoms with van der Waals surface area (Å²) < 4.78 is 6.69. The van der Waals surface area contributed by atoms with Crippen molar-refractivity contribution in [2.75, 3.05) is 5.84 Å². The predicted molar refractivity (Wildman–Crippen MR) is 104 cm³/mol. The quantitative estimate of drug-likeness (QED) is 0.228. The Hall–Kier alpha value is -3.66. The second-order valence-corrected chi connectivity index (χ2v) is 6.73. The molecule has 0 amide bonds. The number of rotatable bonds is 6. The van der Waals surface area contributed by atoms with Crippen LogP contribution in [0.1, 0.15) is 5.89 Å². The van der Waals surface area contributed by atoms with E-state index < -0.39 is 4.92 Å². The van der Waals surface area contributed by atoms with Crippen molar-refractivity contribution < 1.29 is 9.45 Å². The molecule has 140 valence electrons. The van der Waals surface area contributed by atoms with E-state index in [9.17, 15) is 10.1 Å². The number of hydrogen-bond donors (Lipinski definition) is 1. The summed E-state index contributed by atoms with van der Waals surface area (Å²) in [5.74, 6) is 7.02. The van der Waals surface area contributed by atoms with Crippen molar-refractivity contribution in [1.82, 2.24) is 19.8 Å². The highest BCUT2D eigenvalue weighted by Crippen LogP contribution is 2.26. The van der Waals surface area contributed by atoms with Crippen molar-refractivity contribution in [3.8, 4) is 22.6 Å². The van der Waals surface area contributed by atoms with Crippen LogP contribution < -0.4 is 5.84 Å². The highest BCUT2D eigenvalue weighted by Gasteiger charge is 2.14. The lowest BCUT2D eigenvalue weighted by molar-refractivity contribution is -0.384. The van der Waals surface area contributed by atoms with E-state index in [0.29, 0.717) is 28.2 Å². The lowest BCUT2D eigenvalue weighted by Crippen LogP contribution is -2.07. The molecular formula is C18H14N6O3S. The molecular weight excluding hydrogens is 380 g/mol. The van der Waals surface area contributed by atoms with Crippen LogP contribution >= 0.6 is 11.8 Å². The summed E-state index contributed by atoms with van der Waals surface area (Å²) in [6, 6.07) is 15.8. The van der Waals surface area contributed by atoms with Gasteiger partial charge in [-0.2, -0.15) is 4.98 Å².